The van der Waals surface area contributed by atoms with Crippen molar-refractivity contribution in [1.29, 1.82) is 0 Å². The van der Waals surface area contributed by atoms with E-state index in [1.54, 1.807) is 11.0 Å². The Morgan fingerprint density at radius 3 is 2.75 bits per heavy atom. The van der Waals surface area contributed by atoms with Crippen LogP contribution in [0, 0.1) is 6.92 Å². The fourth-order valence-electron chi connectivity index (χ4n) is 1.89. The molecule has 0 atom stereocenters. The summed E-state index contributed by atoms with van der Waals surface area (Å²) in [6, 6.07) is 8.03. The van der Waals surface area contributed by atoms with Gasteiger partial charge in [-0.15, -0.1) is 6.58 Å². The lowest BCUT2D eigenvalue weighted by Crippen LogP contribution is -2.33. The molecule has 1 rings (SSSR count). The lowest BCUT2D eigenvalue weighted by atomic mass is 10.1. The fraction of sp³-hybridized carbons (Fsp3) is 0.375. The topological polar surface area (TPSA) is 49.4 Å². The maximum absolute atomic E-state index is 11.6. The van der Waals surface area contributed by atoms with E-state index in [0.717, 1.165) is 11.1 Å². The number of rotatable bonds is 7. The van der Waals surface area contributed by atoms with Crippen molar-refractivity contribution >= 4 is 11.8 Å². The molecular weight excluding hydrogens is 252 g/mol. The number of hydrogen-bond acceptors (Lipinski definition) is 2. The fourth-order valence-corrected chi connectivity index (χ4v) is 1.89. The van der Waals surface area contributed by atoms with Crippen LogP contribution in [0.25, 0.3) is 0 Å². The molecule has 0 aliphatic carbocycles. The first-order chi connectivity index (χ1) is 9.52. The minimum absolute atomic E-state index is 0.0250. The standard InChI is InChI=1S/C16H22N2O2/c1-4-9-17-16(20)8-10-18(14(3)19)12-15-7-5-6-13(2)11-15/h4-7,11H,1,8-10,12H2,2-3H3,(H,17,20). The lowest BCUT2D eigenvalue weighted by molar-refractivity contribution is -0.130. The minimum Gasteiger partial charge on any atom is -0.353 e. The van der Waals surface area contributed by atoms with Crippen molar-refractivity contribution in [3.05, 3.63) is 48.0 Å². The molecule has 0 bridgehead atoms. The molecule has 0 fully saturated rings. The zero-order chi connectivity index (χ0) is 15.0. The van der Waals surface area contributed by atoms with Crippen molar-refractivity contribution in [2.45, 2.75) is 26.8 Å². The van der Waals surface area contributed by atoms with E-state index in [4.69, 9.17) is 0 Å². The second-order valence-electron chi connectivity index (χ2n) is 4.77. The molecule has 108 valence electrons. The van der Waals surface area contributed by atoms with Gasteiger partial charge in [-0.25, -0.2) is 0 Å². The van der Waals surface area contributed by atoms with E-state index in [9.17, 15) is 9.59 Å². The first-order valence-electron chi connectivity index (χ1n) is 6.71. The molecule has 0 aliphatic rings. The number of hydrogen-bond donors (Lipinski definition) is 1. The van der Waals surface area contributed by atoms with Crippen LogP contribution in [0.3, 0.4) is 0 Å². The molecule has 0 saturated carbocycles. The van der Waals surface area contributed by atoms with Crippen LogP contribution in [0.1, 0.15) is 24.5 Å². The molecule has 4 heteroatoms. The minimum atomic E-state index is -0.0691. The quantitative estimate of drug-likeness (QED) is 0.773. The zero-order valence-electron chi connectivity index (χ0n) is 12.2. The SMILES string of the molecule is C=CCNC(=O)CCN(Cc1cccc(C)c1)C(C)=O. The van der Waals surface area contributed by atoms with Crippen molar-refractivity contribution in [3.8, 4) is 0 Å². The highest BCUT2D eigenvalue weighted by Crippen LogP contribution is 2.08. The Morgan fingerprint density at radius 2 is 2.15 bits per heavy atom. The van der Waals surface area contributed by atoms with Crippen molar-refractivity contribution in [2.75, 3.05) is 13.1 Å². The van der Waals surface area contributed by atoms with Crippen molar-refractivity contribution in [1.82, 2.24) is 10.2 Å². The van der Waals surface area contributed by atoms with E-state index in [-0.39, 0.29) is 11.8 Å². The smallest absolute Gasteiger partial charge is 0.222 e. The first-order valence-corrected chi connectivity index (χ1v) is 6.71. The van der Waals surface area contributed by atoms with Crippen LogP contribution in [0.4, 0.5) is 0 Å². The Hall–Kier alpha value is -2.10. The molecule has 0 aliphatic heterocycles. The van der Waals surface area contributed by atoms with Gasteiger partial charge in [-0.1, -0.05) is 35.9 Å². The predicted octanol–water partition coefficient (Wildman–Crippen LogP) is 2.04. The molecule has 1 aromatic carbocycles. The van der Waals surface area contributed by atoms with Gasteiger partial charge in [0, 0.05) is 33.0 Å². The van der Waals surface area contributed by atoms with Gasteiger partial charge in [0.1, 0.15) is 0 Å². The third kappa shape index (κ3) is 5.69. The maximum atomic E-state index is 11.6. The highest BCUT2D eigenvalue weighted by Gasteiger charge is 2.11. The number of aryl methyl sites for hydroxylation is 1. The average molecular weight is 274 g/mol. The Kier molecular flexibility index (Phi) is 6.50. The Labute approximate surface area is 120 Å². The molecule has 1 aromatic rings. The van der Waals surface area contributed by atoms with Crippen LogP contribution in [0.5, 0.6) is 0 Å². The summed E-state index contributed by atoms with van der Waals surface area (Å²) in [5, 5.41) is 2.70. The zero-order valence-corrected chi connectivity index (χ0v) is 12.2. The first kappa shape index (κ1) is 16.0. The summed E-state index contributed by atoms with van der Waals surface area (Å²) in [5.41, 5.74) is 2.24. The van der Waals surface area contributed by atoms with Gasteiger partial charge in [-0.3, -0.25) is 9.59 Å². The van der Waals surface area contributed by atoms with Gasteiger partial charge >= 0.3 is 0 Å². The molecule has 4 nitrogen and oxygen atoms in total. The van der Waals surface area contributed by atoms with Gasteiger partial charge in [-0.2, -0.15) is 0 Å². The number of nitrogens with one attached hydrogen (secondary N) is 1. The van der Waals surface area contributed by atoms with E-state index in [0.29, 0.717) is 26.1 Å². The summed E-state index contributed by atoms with van der Waals surface area (Å²) in [6.45, 7) is 8.50. The molecule has 20 heavy (non-hydrogen) atoms. The summed E-state index contributed by atoms with van der Waals surface area (Å²) < 4.78 is 0. The largest absolute Gasteiger partial charge is 0.353 e. The van der Waals surface area contributed by atoms with Gasteiger partial charge in [0.05, 0.1) is 0 Å². The maximum Gasteiger partial charge on any atom is 0.222 e. The van der Waals surface area contributed by atoms with Crippen LogP contribution >= 0.6 is 0 Å². The van der Waals surface area contributed by atoms with E-state index in [1.807, 2.05) is 31.2 Å². The number of carbonyl (C=O) groups excluding carboxylic acids is 2. The molecule has 0 saturated heterocycles. The Bertz CT molecular complexity index is 483. The number of amides is 2. The number of carbonyl (C=O) groups is 2. The van der Waals surface area contributed by atoms with Gasteiger partial charge < -0.3 is 10.2 Å². The van der Waals surface area contributed by atoms with Crippen LogP contribution in [0.15, 0.2) is 36.9 Å². The highest BCUT2D eigenvalue weighted by atomic mass is 16.2. The second-order valence-corrected chi connectivity index (χ2v) is 4.77. The summed E-state index contributed by atoms with van der Waals surface area (Å²) in [7, 11) is 0. The summed E-state index contributed by atoms with van der Waals surface area (Å²) in [4.78, 5) is 24.9. The summed E-state index contributed by atoms with van der Waals surface area (Å²) in [5.74, 6) is -0.0941. The molecule has 0 aromatic heterocycles. The molecular formula is C16H22N2O2. The lowest BCUT2D eigenvalue weighted by Gasteiger charge is -2.21. The van der Waals surface area contributed by atoms with Crippen molar-refractivity contribution < 1.29 is 9.59 Å². The Morgan fingerprint density at radius 1 is 1.40 bits per heavy atom. The third-order valence-corrected chi connectivity index (χ3v) is 2.95. The molecule has 1 N–H and O–H groups in total. The third-order valence-electron chi connectivity index (χ3n) is 2.95. The van der Waals surface area contributed by atoms with Gasteiger partial charge in [0.15, 0.2) is 0 Å². The van der Waals surface area contributed by atoms with Crippen molar-refractivity contribution in [2.24, 2.45) is 0 Å². The van der Waals surface area contributed by atoms with Crippen LogP contribution in [-0.4, -0.2) is 29.8 Å². The predicted molar refractivity (Wildman–Crippen MR) is 80.1 cm³/mol. The second kappa shape index (κ2) is 8.15. The molecule has 2 amide bonds. The van der Waals surface area contributed by atoms with E-state index in [2.05, 4.69) is 11.9 Å². The Balaban J connectivity index is 2.55. The average Bonchev–Trinajstić information content (AvgIpc) is 2.40. The normalized spacial score (nSPS) is 9.90. The van der Waals surface area contributed by atoms with Crippen molar-refractivity contribution in [3.63, 3.8) is 0 Å². The van der Waals surface area contributed by atoms with Gasteiger partial charge in [0.25, 0.3) is 0 Å². The molecule has 0 heterocycles. The van der Waals surface area contributed by atoms with Gasteiger partial charge in [-0.05, 0) is 12.5 Å². The highest BCUT2D eigenvalue weighted by molar-refractivity contribution is 5.78. The van der Waals surface area contributed by atoms with E-state index >= 15 is 0 Å². The van der Waals surface area contributed by atoms with Gasteiger partial charge in [0.2, 0.25) is 11.8 Å². The van der Waals surface area contributed by atoms with Crippen LogP contribution in [-0.2, 0) is 16.1 Å². The number of nitrogens with zero attached hydrogens (tertiary/aromatic N) is 1. The molecule has 0 spiro atoms. The molecule has 0 radical (unpaired) electrons. The molecule has 0 unspecified atom stereocenters. The number of benzene rings is 1. The van der Waals surface area contributed by atoms with E-state index < -0.39 is 0 Å². The van der Waals surface area contributed by atoms with E-state index in [1.165, 1.54) is 6.92 Å². The monoisotopic (exact) mass is 274 g/mol. The summed E-state index contributed by atoms with van der Waals surface area (Å²) >= 11 is 0. The van der Waals surface area contributed by atoms with Crippen LogP contribution < -0.4 is 5.32 Å². The van der Waals surface area contributed by atoms with Crippen LogP contribution in [0.2, 0.25) is 0 Å². The summed E-state index contributed by atoms with van der Waals surface area (Å²) in [6.07, 6.45) is 1.94.